The number of halogens is 5. The van der Waals surface area contributed by atoms with Crippen LogP contribution in [-0.4, -0.2) is 19.9 Å². The smallest absolute Gasteiger partial charge is 0.200 e. The van der Waals surface area contributed by atoms with Crippen molar-refractivity contribution < 1.29 is 22.0 Å². The highest BCUT2D eigenvalue weighted by atomic mass is 19.2. The third-order valence-electron chi connectivity index (χ3n) is 9.96. The first-order valence-corrected chi connectivity index (χ1v) is 17.5. The number of H-pyrrole nitrogens is 2. The number of nitrogens with one attached hydrogen (secondary N) is 2. The molecule has 55 heavy (non-hydrogen) atoms. The average molecular weight is 733 g/mol. The Kier molecular flexibility index (Phi) is 8.15. The van der Waals surface area contributed by atoms with E-state index in [9.17, 15) is 13.2 Å². The van der Waals surface area contributed by atoms with Crippen molar-refractivity contribution in [2.75, 3.05) is 0 Å². The molecule has 0 saturated carbocycles. The van der Waals surface area contributed by atoms with E-state index in [1.54, 1.807) is 18.2 Å². The molecule has 4 nitrogen and oxygen atoms in total. The van der Waals surface area contributed by atoms with Gasteiger partial charge in [-0.15, -0.1) is 0 Å². The summed E-state index contributed by atoms with van der Waals surface area (Å²) in [5.74, 6) is -10.3. The zero-order chi connectivity index (χ0) is 38.0. The van der Waals surface area contributed by atoms with E-state index in [0.717, 1.165) is 38.9 Å². The zero-order valence-corrected chi connectivity index (χ0v) is 29.4. The van der Waals surface area contributed by atoms with Gasteiger partial charge in [0.2, 0.25) is 5.82 Å². The van der Waals surface area contributed by atoms with Crippen molar-refractivity contribution in [3.8, 4) is 44.5 Å². The standard InChI is InChI=1S/C46H29F5N4/c1-24-8-12-27(13-9-24)38-31-18-16-29(52-31)37(26-6-4-3-5-7-26)30-17-19-32(53-30)39(28-14-10-25(2)11-15-28)34-21-23-36(55-34)40(35-22-20-33(38)54-35)41-42(47)44(49)46(51)45(50)43(41)48/h3-23,52,55H,1-2H3. The highest BCUT2D eigenvalue weighted by Gasteiger charge is 2.30. The second-order valence-corrected chi connectivity index (χ2v) is 13.5. The number of aromatic amines is 2. The van der Waals surface area contributed by atoms with Crippen LogP contribution >= 0.6 is 0 Å². The van der Waals surface area contributed by atoms with Gasteiger partial charge in [-0.2, -0.15) is 0 Å². The molecule has 3 aromatic heterocycles. The van der Waals surface area contributed by atoms with Gasteiger partial charge in [-0.1, -0.05) is 90.0 Å². The van der Waals surface area contributed by atoms with E-state index in [0.29, 0.717) is 39.2 Å². The van der Waals surface area contributed by atoms with Crippen molar-refractivity contribution >= 4 is 46.4 Å². The number of nitrogens with zero attached hydrogens (tertiary/aromatic N) is 2. The Balaban J connectivity index is 1.50. The van der Waals surface area contributed by atoms with E-state index in [-0.39, 0.29) is 16.8 Å². The third kappa shape index (κ3) is 5.76. The number of aromatic nitrogens is 4. The Morgan fingerprint density at radius 3 is 1.07 bits per heavy atom. The second-order valence-electron chi connectivity index (χ2n) is 13.5. The number of hydrogen-bond donors (Lipinski definition) is 2. The van der Waals surface area contributed by atoms with Crippen LogP contribution in [0.25, 0.3) is 90.9 Å². The molecular weight excluding hydrogens is 704 g/mol. The first-order valence-electron chi connectivity index (χ1n) is 17.5. The van der Waals surface area contributed by atoms with Crippen molar-refractivity contribution in [3.05, 3.63) is 166 Å². The molecule has 2 aliphatic rings. The summed E-state index contributed by atoms with van der Waals surface area (Å²) >= 11 is 0. The molecular formula is C46H29F5N4. The van der Waals surface area contributed by atoms with Crippen molar-refractivity contribution in [3.63, 3.8) is 0 Å². The number of hydrogen-bond acceptors (Lipinski definition) is 2. The fourth-order valence-corrected chi connectivity index (χ4v) is 7.25. The minimum absolute atomic E-state index is 0.00256. The summed E-state index contributed by atoms with van der Waals surface area (Å²) in [4.78, 5) is 16.9. The molecule has 8 bridgehead atoms. The van der Waals surface area contributed by atoms with Crippen LogP contribution in [0, 0.1) is 42.9 Å². The third-order valence-corrected chi connectivity index (χ3v) is 9.96. The predicted octanol–water partition coefficient (Wildman–Crippen LogP) is 12.6. The molecule has 7 aromatic rings. The summed E-state index contributed by atoms with van der Waals surface area (Å²) in [6, 6.07) is 32.7. The quantitative estimate of drug-likeness (QED) is 0.108. The number of aryl methyl sites for hydroxylation is 2. The molecule has 268 valence electrons. The molecule has 9 heteroatoms. The molecule has 5 heterocycles. The van der Waals surface area contributed by atoms with Crippen LogP contribution in [0.5, 0.6) is 0 Å². The Bertz CT molecular complexity index is 2850. The Morgan fingerprint density at radius 1 is 0.345 bits per heavy atom. The normalized spacial score (nSPS) is 12.1. The van der Waals surface area contributed by atoms with Crippen LogP contribution in [0.15, 0.2) is 103 Å². The zero-order valence-electron chi connectivity index (χ0n) is 29.4. The second kappa shape index (κ2) is 13.2. The van der Waals surface area contributed by atoms with Crippen molar-refractivity contribution in [1.29, 1.82) is 0 Å². The Hall–Kier alpha value is -6.87. The molecule has 0 radical (unpaired) electrons. The summed E-state index contributed by atoms with van der Waals surface area (Å²) in [7, 11) is 0. The molecule has 2 N–H and O–H groups in total. The van der Waals surface area contributed by atoms with E-state index >= 15 is 8.78 Å². The Labute approximate surface area is 312 Å². The minimum Gasteiger partial charge on any atom is -0.354 e. The van der Waals surface area contributed by atoms with Crippen molar-refractivity contribution in [2.45, 2.75) is 13.8 Å². The summed E-state index contributed by atoms with van der Waals surface area (Å²) in [5, 5.41) is 0. The summed E-state index contributed by atoms with van der Waals surface area (Å²) < 4.78 is 75.9. The lowest BCUT2D eigenvalue weighted by atomic mass is 10.0. The molecule has 0 amide bonds. The van der Waals surface area contributed by atoms with Gasteiger partial charge in [-0.3, -0.25) is 0 Å². The van der Waals surface area contributed by atoms with E-state index in [1.807, 2.05) is 117 Å². The van der Waals surface area contributed by atoms with E-state index < -0.39 is 34.6 Å². The van der Waals surface area contributed by atoms with Crippen LogP contribution in [-0.2, 0) is 0 Å². The topological polar surface area (TPSA) is 57.4 Å². The van der Waals surface area contributed by atoms with Gasteiger partial charge >= 0.3 is 0 Å². The maximum absolute atomic E-state index is 15.8. The SMILES string of the molecule is Cc1ccc(-c2c3nc(c(-c4c(F)c(F)c(F)c(F)c4F)c4ccc([nH]4)c(-c4ccc(C)cc4)c4nc(c(-c5ccccc5)c5ccc2[nH]5)C=C4)C=C3)cc1. The fraction of sp³-hybridized carbons (Fsp3) is 0.0435. The number of benzene rings is 4. The predicted molar refractivity (Wildman–Crippen MR) is 210 cm³/mol. The van der Waals surface area contributed by atoms with Crippen LogP contribution < -0.4 is 0 Å². The lowest BCUT2D eigenvalue weighted by Crippen LogP contribution is -2.05. The lowest BCUT2D eigenvalue weighted by molar-refractivity contribution is 0.381. The molecule has 0 aliphatic carbocycles. The highest BCUT2D eigenvalue weighted by Crippen LogP contribution is 2.40. The summed E-state index contributed by atoms with van der Waals surface area (Å²) in [5.41, 5.74) is 9.11. The van der Waals surface area contributed by atoms with Gasteiger partial charge in [0, 0.05) is 44.3 Å². The van der Waals surface area contributed by atoms with Crippen LogP contribution in [0.3, 0.4) is 0 Å². The largest absolute Gasteiger partial charge is 0.354 e. The van der Waals surface area contributed by atoms with Crippen LogP contribution in [0.1, 0.15) is 33.9 Å². The lowest BCUT2D eigenvalue weighted by Gasteiger charge is -2.10. The Morgan fingerprint density at radius 2 is 0.673 bits per heavy atom. The van der Waals surface area contributed by atoms with E-state index in [2.05, 4.69) is 9.97 Å². The van der Waals surface area contributed by atoms with Gasteiger partial charge < -0.3 is 9.97 Å². The number of rotatable bonds is 4. The van der Waals surface area contributed by atoms with Crippen molar-refractivity contribution in [1.82, 2.24) is 19.9 Å². The molecule has 0 unspecified atom stereocenters. The molecule has 0 fully saturated rings. The molecule has 0 spiro atoms. The monoisotopic (exact) mass is 732 g/mol. The summed E-state index contributed by atoms with van der Waals surface area (Å²) in [6.07, 6.45) is 7.04. The van der Waals surface area contributed by atoms with Gasteiger partial charge in [0.15, 0.2) is 23.3 Å². The molecule has 0 saturated heterocycles. The first-order chi connectivity index (χ1) is 26.7. The molecule has 2 aliphatic heterocycles. The van der Waals surface area contributed by atoms with Gasteiger partial charge in [0.25, 0.3) is 0 Å². The van der Waals surface area contributed by atoms with Gasteiger partial charge in [0.05, 0.1) is 28.3 Å². The van der Waals surface area contributed by atoms with E-state index in [4.69, 9.17) is 9.97 Å². The minimum atomic E-state index is -2.24. The average Bonchev–Trinajstić information content (AvgIpc) is 4.04. The van der Waals surface area contributed by atoms with E-state index in [1.165, 1.54) is 6.08 Å². The highest BCUT2D eigenvalue weighted by molar-refractivity contribution is 6.00. The maximum atomic E-state index is 15.8. The van der Waals surface area contributed by atoms with Crippen LogP contribution in [0.2, 0.25) is 0 Å². The fourth-order valence-electron chi connectivity index (χ4n) is 7.25. The molecule has 9 rings (SSSR count). The van der Waals surface area contributed by atoms with Gasteiger partial charge in [-0.05, 0) is 79.1 Å². The maximum Gasteiger partial charge on any atom is 0.200 e. The van der Waals surface area contributed by atoms with Crippen molar-refractivity contribution in [2.24, 2.45) is 0 Å². The first kappa shape index (κ1) is 33.9. The summed E-state index contributed by atoms with van der Waals surface area (Å²) in [6.45, 7) is 3.94. The van der Waals surface area contributed by atoms with Crippen LogP contribution in [0.4, 0.5) is 22.0 Å². The molecule has 4 aromatic carbocycles. The number of fused-ring (bicyclic) bond motifs is 8. The van der Waals surface area contributed by atoms with Gasteiger partial charge in [-0.25, -0.2) is 31.9 Å². The van der Waals surface area contributed by atoms with Gasteiger partial charge in [0.1, 0.15) is 0 Å². The molecule has 0 atom stereocenters.